The topological polar surface area (TPSA) is 32.3 Å². The van der Waals surface area contributed by atoms with Crippen molar-refractivity contribution >= 4 is 5.91 Å². The van der Waals surface area contributed by atoms with Crippen LogP contribution in [0.5, 0.6) is 0 Å². The number of rotatable bonds is 4. The molecule has 1 amide bonds. The molecule has 1 unspecified atom stereocenters. The molecule has 0 radical (unpaired) electrons. The lowest BCUT2D eigenvalue weighted by atomic mass is 9.86. The Labute approximate surface area is 128 Å². The Hall–Kier alpha value is -1.35. The monoisotopic (exact) mass is 288 g/mol. The minimum Gasteiger partial charge on any atom is -0.319 e. The third kappa shape index (κ3) is 3.29. The van der Waals surface area contributed by atoms with Crippen molar-refractivity contribution in [2.75, 3.05) is 6.54 Å². The Kier molecular flexibility index (Phi) is 4.72. The lowest BCUT2D eigenvalue weighted by Crippen LogP contribution is -2.39. The van der Waals surface area contributed by atoms with Crippen molar-refractivity contribution in [2.45, 2.75) is 65.1 Å². The average molecular weight is 288 g/mol. The number of benzene rings is 1. The smallest absolute Gasteiger partial charge is 0.238 e. The van der Waals surface area contributed by atoms with Gasteiger partial charge in [-0.3, -0.25) is 10.1 Å². The molecule has 1 aromatic rings. The van der Waals surface area contributed by atoms with Crippen molar-refractivity contribution in [3.05, 3.63) is 35.4 Å². The van der Waals surface area contributed by atoms with Crippen LogP contribution in [0.1, 0.15) is 64.8 Å². The van der Waals surface area contributed by atoms with Gasteiger partial charge in [0, 0.05) is 6.04 Å². The predicted octanol–water partition coefficient (Wildman–Crippen LogP) is 3.60. The molecular formula is C18H28N2O. The van der Waals surface area contributed by atoms with Gasteiger partial charge in [-0.1, -0.05) is 58.9 Å². The van der Waals surface area contributed by atoms with Crippen molar-refractivity contribution < 1.29 is 4.79 Å². The molecule has 3 nitrogen and oxygen atoms in total. The molecule has 116 valence electrons. The molecule has 3 heteroatoms. The highest BCUT2D eigenvalue weighted by atomic mass is 16.2. The first-order valence-corrected chi connectivity index (χ1v) is 8.03. The van der Waals surface area contributed by atoms with Crippen LogP contribution in [0.4, 0.5) is 0 Å². The Balaban J connectivity index is 2.26. The lowest BCUT2D eigenvalue weighted by molar-refractivity contribution is -0.130. The van der Waals surface area contributed by atoms with E-state index < -0.39 is 0 Å². The number of nitrogens with zero attached hydrogens (tertiary/aromatic N) is 1. The zero-order valence-corrected chi connectivity index (χ0v) is 13.9. The van der Waals surface area contributed by atoms with Gasteiger partial charge < -0.3 is 4.90 Å². The second-order valence-corrected chi connectivity index (χ2v) is 6.93. The van der Waals surface area contributed by atoms with Crippen LogP contribution in [0.15, 0.2) is 24.3 Å². The second-order valence-electron chi connectivity index (χ2n) is 6.93. The van der Waals surface area contributed by atoms with Crippen LogP contribution in [-0.2, 0) is 10.2 Å². The van der Waals surface area contributed by atoms with Crippen molar-refractivity contribution in [3.63, 3.8) is 0 Å². The number of amides is 1. The molecule has 0 aromatic heterocycles. The van der Waals surface area contributed by atoms with Gasteiger partial charge in [-0.25, -0.2) is 0 Å². The van der Waals surface area contributed by atoms with Crippen LogP contribution in [0.3, 0.4) is 0 Å². The highest BCUT2D eigenvalue weighted by molar-refractivity contribution is 5.81. The summed E-state index contributed by atoms with van der Waals surface area (Å²) in [4.78, 5) is 14.2. The summed E-state index contributed by atoms with van der Waals surface area (Å²) in [6.07, 6.45) is 2.03. The van der Waals surface area contributed by atoms with E-state index in [4.69, 9.17) is 0 Å². The first-order valence-electron chi connectivity index (χ1n) is 8.03. The SMILES string of the molecule is CCC(CC)N1C(=O)CNC1c1ccc(C(C)(C)C)cc1. The standard InChI is InChI=1S/C18H28N2O/c1-6-15(7-2)20-16(21)12-19-17(20)13-8-10-14(11-9-13)18(3,4)5/h8-11,15,17,19H,6-7,12H2,1-5H3. The van der Waals surface area contributed by atoms with E-state index >= 15 is 0 Å². The summed E-state index contributed by atoms with van der Waals surface area (Å²) in [7, 11) is 0. The quantitative estimate of drug-likeness (QED) is 0.918. The largest absolute Gasteiger partial charge is 0.319 e. The lowest BCUT2D eigenvalue weighted by Gasteiger charge is -2.32. The third-order valence-electron chi connectivity index (χ3n) is 4.44. The van der Waals surface area contributed by atoms with Gasteiger partial charge in [0.25, 0.3) is 0 Å². The molecule has 1 fully saturated rings. The Morgan fingerprint density at radius 2 is 1.76 bits per heavy atom. The minimum atomic E-state index is 0.0245. The van der Waals surface area contributed by atoms with Crippen LogP contribution in [0.2, 0.25) is 0 Å². The van der Waals surface area contributed by atoms with Crippen LogP contribution in [0.25, 0.3) is 0 Å². The zero-order valence-electron chi connectivity index (χ0n) is 13.9. The highest BCUT2D eigenvalue weighted by Crippen LogP contribution is 2.29. The molecule has 1 aromatic carbocycles. The molecule has 1 heterocycles. The Bertz CT molecular complexity index is 483. The first-order chi connectivity index (χ1) is 9.88. The van der Waals surface area contributed by atoms with Crippen molar-refractivity contribution in [3.8, 4) is 0 Å². The fourth-order valence-electron chi connectivity index (χ4n) is 3.06. The van der Waals surface area contributed by atoms with E-state index in [1.807, 2.05) is 4.90 Å². The Morgan fingerprint density at radius 3 is 2.24 bits per heavy atom. The van der Waals surface area contributed by atoms with Gasteiger partial charge >= 0.3 is 0 Å². The van der Waals surface area contributed by atoms with Crippen LogP contribution in [0, 0.1) is 0 Å². The van der Waals surface area contributed by atoms with E-state index in [0.29, 0.717) is 12.6 Å². The van der Waals surface area contributed by atoms with Crippen LogP contribution >= 0.6 is 0 Å². The van der Waals surface area contributed by atoms with Gasteiger partial charge in [-0.15, -0.1) is 0 Å². The summed E-state index contributed by atoms with van der Waals surface area (Å²) in [5.41, 5.74) is 2.66. The molecule has 1 aliphatic heterocycles. The van der Waals surface area contributed by atoms with E-state index in [9.17, 15) is 4.79 Å². The Morgan fingerprint density at radius 1 is 1.19 bits per heavy atom. The van der Waals surface area contributed by atoms with E-state index in [0.717, 1.165) is 12.8 Å². The van der Waals surface area contributed by atoms with Gasteiger partial charge in [0.1, 0.15) is 6.17 Å². The minimum absolute atomic E-state index is 0.0245. The number of hydrogen-bond donors (Lipinski definition) is 1. The van der Waals surface area contributed by atoms with E-state index in [1.54, 1.807) is 0 Å². The van der Waals surface area contributed by atoms with Crippen LogP contribution in [-0.4, -0.2) is 23.4 Å². The first kappa shape index (κ1) is 16.0. The summed E-state index contributed by atoms with van der Waals surface area (Å²) in [5.74, 6) is 0.216. The summed E-state index contributed by atoms with van der Waals surface area (Å²) in [5, 5.41) is 3.36. The highest BCUT2D eigenvalue weighted by Gasteiger charge is 2.35. The van der Waals surface area contributed by atoms with E-state index in [2.05, 4.69) is 64.2 Å². The number of nitrogens with one attached hydrogen (secondary N) is 1. The number of hydrogen-bond acceptors (Lipinski definition) is 2. The summed E-state index contributed by atoms with van der Waals surface area (Å²) >= 11 is 0. The molecular weight excluding hydrogens is 260 g/mol. The molecule has 0 saturated carbocycles. The molecule has 0 bridgehead atoms. The van der Waals surface area contributed by atoms with E-state index in [1.165, 1.54) is 11.1 Å². The molecule has 1 N–H and O–H groups in total. The van der Waals surface area contributed by atoms with Gasteiger partial charge in [-0.05, 0) is 29.4 Å². The maximum atomic E-state index is 12.2. The summed E-state index contributed by atoms with van der Waals surface area (Å²) in [6, 6.07) is 9.01. The van der Waals surface area contributed by atoms with Crippen molar-refractivity contribution in [2.24, 2.45) is 0 Å². The molecule has 1 saturated heterocycles. The molecule has 1 aliphatic rings. The fraction of sp³-hybridized carbons (Fsp3) is 0.611. The molecule has 0 spiro atoms. The fourth-order valence-corrected chi connectivity index (χ4v) is 3.06. The van der Waals surface area contributed by atoms with Crippen molar-refractivity contribution in [1.82, 2.24) is 10.2 Å². The normalized spacial score (nSPS) is 19.6. The third-order valence-corrected chi connectivity index (χ3v) is 4.44. The molecule has 1 atom stereocenters. The predicted molar refractivity (Wildman–Crippen MR) is 87.1 cm³/mol. The molecule has 0 aliphatic carbocycles. The van der Waals surface area contributed by atoms with E-state index in [-0.39, 0.29) is 17.5 Å². The van der Waals surface area contributed by atoms with Gasteiger partial charge in [0.15, 0.2) is 0 Å². The molecule has 21 heavy (non-hydrogen) atoms. The maximum absolute atomic E-state index is 12.2. The van der Waals surface area contributed by atoms with Gasteiger partial charge in [0.2, 0.25) is 5.91 Å². The number of carbonyl (C=O) groups is 1. The second kappa shape index (κ2) is 6.18. The number of carbonyl (C=O) groups excluding carboxylic acids is 1. The maximum Gasteiger partial charge on any atom is 0.238 e. The summed E-state index contributed by atoms with van der Waals surface area (Å²) in [6.45, 7) is 11.4. The zero-order chi connectivity index (χ0) is 15.6. The summed E-state index contributed by atoms with van der Waals surface area (Å²) < 4.78 is 0. The average Bonchev–Trinajstić information content (AvgIpc) is 2.82. The van der Waals surface area contributed by atoms with Gasteiger partial charge in [0.05, 0.1) is 6.54 Å². The van der Waals surface area contributed by atoms with Gasteiger partial charge in [-0.2, -0.15) is 0 Å². The molecule has 2 rings (SSSR count). The van der Waals surface area contributed by atoms with Crippen LogP contribution < -0.4 is 5.32 Å². The van der Waals surface area contributed by atoms with Crippen molar-refractivity contribution in [1.29, 1.82) is 0 Å².